The molecule has 0 aliphatic heterocycles. The van der Waals surface area contributed by atoms with Crippen LogP contribution in [0.5, 0.6) is 0 Å². The zero-order chi connectivity index (χ0) is 23.8. The third kappa shape index (κ3) is 3.81. The molecule has 172 valence electrons. The number of ketones is 1. The Morgan fingerprint density at radius 3 is 2.88 bits per heavy atom. The third-order valence-corrected chi connectivity index (χ3v) is 6.53. The summed E-state index contributed by atoms with van der Waals surface area (Å²) in [4.78, 5) is 20.7. The first-order valence-electron chi connectivity index (χ1n) is 10.8. The molecule has 0 unspecified atom stereocenters. The average Bonchev–Trinajstić information content (AvgIpc) is 3.42. The molecule has 5 aromatic rings. The molecule has 0 fully saturated rings. The first kappa shape index (κ1) is 22.1. The van der Waals surface area contributed by atoms with E-state index in [0.717, 1.165) is 40.3 Å². The number of benzene rings is 2. The average molecular weight is 478 g/mol. The van der Waals surface area contributed by atoms with Gasteiger partial charge in [0, 0.05) is 53.3 Å². The van der Waals surface area contributed by atoms with E-state index in [1.54, 1.807) is 10.9 Å². The molecule has 5 rings (SSSR count). The van der Waals surface area contributed by atoms with Crippen LogP contribution in [0.4, 0.5) is 14.5 Å². The summed E-state index contributed by atoms with van der Waals surface area (Å²) in [6.07, 6.45) is 5.95. The molecule has 6 nitrogen and oxygen atoms in total. The number of nitrogens with one attached hydrogen (secondary N) is 2. The van der Waals surface area contributed by atoms with Crippen molar-refractivity contribution < 1.29 is 13.6 Å². The molecular weight excluding hydrogens is 456 g/mol. The number of hydrogen-bond donors (Lipinski definition) is 2. The Kier molecular flexibility index (Phi) is 5.79. The molecule has 2 N–H and O–H groups in total. The summed E-state index contributed by atoms with van der Waals surface area (Å²) in [6, 6.07) is 9.98. The second-order valence-corrected chi connectivity index (χ2v) is 8.83. The second kappa shape index (κ2) is 8.90. The van der Waals surface area contributed by atoms with Crippen LogP contribution in [0.15, 0.2) is 55.0 Å². The Balaban J connectivity index is 1.59. The minimum absolute atomic E-state index is 0.0742. The van der Waals surface area contributed by atoms with E-state index in [1.165, 1.54) is 24.2 Å². The summed E-state index contributed by atoms with van der Waals surface area (Å²) in [5, 5.41) is 5.86. The Hall–Kier alpha value is -3.72. The number of aromatic amines is 1. The van der Waals surface area contributed by atoms with Crippen LogP contribution in [0.2, 0.25) is 0 Å². The molecule has 3 heterocycles. The highest BCUT2D eigenvalue weighted by Gasteiger charge is 2.25. The van der Waals surface area contributed by atoms with Crippen LogP contribution >= 0.6 is 11.9 Å². The minimum Gasteiger partial charge on any atom is -0.345 e. The van der Waals surface area contributed by atoms with Gasteiger partial charge in [0.25, 0.3) is 0 Å². The van der Waals surface area contributed by atoms with E-state index in [1.807, 2.05) is 44.4 Å². The molecule has 0 aliphatic carbocycles. The molecule has 34 heavy (non-hydrogen) atoms. The number of halogens is 2. The highest BCUT2D eigenvalue weighted by Crippen LogP contribution is 2.32. The highest BCUT2D eigenvalue weighted by molar-refractivity contribution is 8.00. The highest BCUT2D eigenvalue weighted by atomic mass is 32.2. The van der Waals surface area contributed by atoms with Gasteiger partial charge in [0.05, 0.1) is 16.8 Å². The van der Waals surface area contributed by atoms with Crippen LogP contribution in [0.1, 0.15) is 29.3 Å². The third-order valence-electron chi connectivity index (χ3n) is 5.56. The van der Waals surface area contributed by atoms with Crippen molar-refractivity contribution in [2.75, 3.05) is 10.5 Å². The topological polar surface area (TPSA) is 75.6 Å². The van der Waals surface area contributed by atoms with E-state index in [4.69, 9.17) is 0 Å². The van der Waals surface area contributed by atoms with Gasteiger partial charge in [0.15, 0.2) is 5.82 Å². The molecule has 0 atom stereocenters. The van der Waals surface area contributed by atoms with Crippen LogP contribution in [0.25, 0.3) is 33.1 Å². The van der Waals surface area contributed by atoms with E-state index in [0.29, 0.717) is 11.0 Å². The SMILES string of the molecule is CCCSNc1ccc(F)c(C(=O)c2c[nH]c3ncc(-c4cccc5nn(C)cc45)cc23)c1F. The normalized spacial score (nSPS) is 11.4. The molecule has 0 spiro atoms. The lowest BCUT2D eigenvalue weighted by molar-refractivity contribution is 0.103. The number of carbonyl (C=O) groups is 1. The molecule has 0 amide bonds. The number of pyridine rings is 1. The summed E-state index contributed by atoms with van der Waals surface area (Å²) in [7, 11) is 1.85. The predicted molar refractivity (Wildman–Crippen MR) is 132 cm³/mol. The summed E-state index contributed by atoms with van der Waals surface area (Å²) in [5.41, 5.74) is 2.59. The van der Waals surface area contributed by atoms with Crippen LogP contribution in [0, 0.1) is 11.6 Å². The van der Waals surface area contributed by atoms with Crippen molar-refractivity contribution in [3.8, 4) is 11.1 Å². The van der Waals surface area contributed by atoms with Crippen molar-refractivity contribution >= 4 is 45.4 Å². The maximum atomic E-state index is 15.2. The fourth-order valence-corrected chi connectivity index (χ4v) is 4.58. The number of rotatable bonds is 7. The largest absolute Gasteiger partial charge is 0.345 e. The standard InChI is InChI=1S/C25H21F2N5OS/c1-3-9-34-31-21-8-7-19(26)22(23(21)27)24(33)17-12-29-25-16(17)10-14(11-28-25)15-5-4-6-20-18(15)13-32(2)30-20/h4-8,10-13,31H,3,9H2,1-2H3,(H,28,29). The van der Waals surface area contributed by atoms with Crippen molar-refractivity contribution in [3.63, 3.8) is 0 Å². The number of hydrogen-bond acceptors (Lipinski definition) is 5. The first-order valence-corrected chi connectivity index (χ1v) is 11.8. The molecular formula is C25H21F2N5OS. The molecule has 0 radical (unpaired) electrons. The Labute approximate surface area is 198 Å². The molecule has 0 saturated carbocycles. The lowest BCUT2D eigenvalue weighted by Crippen LogP contribution is -2.09. The monoisotopic (exact) mass is 477 g/mol. The summed E-state index contributed by atoms with van der Waals surface area (Å²) < 4.78 is 34.4. The van der Waals surface area contributed by atoms with E-state index in [2.05, 4.69) is 19.8 Å². The molecule has 2 aromatic carbocycles. The maximum absolute atomic E-state index is 15.2. The van der Waals surface area contributed by atoms with Crippen LogP contribution in [0.3, 0.4) is 0 Å². The van der Waals surface area contributed by atoms with Crippen molar-refractivity contribution in [1.29, 1.82) is 0 Å². The van der Waals surface area contributed by atoms with Gasteiger partial charge in [0.1, 0.15) is 11.5 Å². The number of carbonyl (C=O) groups excluding carboxylic acids is 1. The van der Waals surface area contributed by atoms with Crippen LogP contribution in [-0.2, 0) is 7.05 Å². The molecule has 0 saturated heterocycles. The Bertz CT molecular complexity index is 1540. The summed E-state index contributed by atoms with van der Waals surface area (Å²) in [6.45, 7) is 2.00. The summed E-state index contributed by atoms with van der Waals surface area (Å²) in [5.74, 6) is -1.82. The Morgan fingerprint density at radius 1 is 1.21 bits per heavy atom. The molecule has 9 heteroatoms. The molecule has 0 bridgehead atoms. The van der Waals surface area contributed by atoms with Crippen LogP contribution in [-0.4, -0.2) is 31.3 Å². The van der Waals surface area contributed by atoms with Crippen molar-refractivity contribution in [2.45, 2.75) is 13.3 Å². The number of nitrogens with zero attached hydrogens (tertiary/aromatic N) is 3. The number of aromatic nitrogens is 4. The number of fused-ring (bicyclic) bond motifs is 2. The van der Waals surface area contributed by atoms with E-state index >= 15 is 4.39 Å². The predicted octanol–water partition coefficient (Wildman–Crippen LogP) is 6.10. The van der Waals surface area contributed by atoms with Crippen LogP contribution < -0.4 is 4.72 Å². The van der Waals surface area contributed by atoms with Gasteiger partial charge < -0.3 is 9.71 Å². The van der Waals surface area contributed by atoms with E-state index in [9.17, 15) is 9.18 Å². The maximum Gasteiger partial charge on any atom is 0.201 e. The minimum atomic E-state index is -0.910. The number of aryl methyl sites for hydroxylation is 1. The lowest BCUT2D eigenvalue weighted by atomic mass is 9.99. The number of H-pyrrole nitrogens is 1. The van der Waals surface area contributed by atoms with E-state index in [-0.39, 0.29) is 11.3 Å². The van der Waals surface area contributed by atoms with Gasteiger partial charge in [-0.1, -0.05) is 31.0 Å². The molecule has 3 aromatic heterocycles. The fraction of sp³-hybridized carbons (Fsp3) is 0.160. The van der Waals surface area contributed by atoms with Gasteiger partial charge in [-0.05, 0) is 36.2 Å². The zero-order valence-electron chi connectivity index (χ0n) is 18.5. The van der Waals surface area contributed by atoms with Crippen molar-refractivity contribution in [1.82, 2.24) is 19.7 Å². The second-order valence-electron chi connectivity index (χ2n) is 7.93. The van der Waals surface area contributed by atoms with Gasteiger partial charge in [-0.2, -0.15) is 5.10 Å². The van der Waals surface area contributed by atoms with Gasteiger partial charge in [-0.3, -0.25) is 9.48 Å². The molecule has 0 aliphatic rings. The quantitative estimate of drug-likeness (QED) is 0.168. The fourth-order valence-electron chi connectivity index (χ4n) is 3.96. The lowest BCUT2D eigenvalue weighted by Gasteiger charge is -2.10. The van der Waals surface area contributed by atoms with Gasteiger partial charge >= 0.3 is 0 Å². The number of anilines is 1. The van der Waals surface area contributed by atoms with E-state index < -0.39 is 23.0 Å². The van der Waals surface area contributed by atoms with Crippen molar-refractivity contribution in [3.05, 3.63) is 77.8 Å². The van der Waals surface area contributed by atoms with Crippen molar-refractivity contribution in [2.24, 2.45) is 7.05 Å². The zero-order valence-corrected chi connectivity index (χ0v) is 19.3. The summed E-state index contributed by atoms with van der Waals surface area (Å²) >= 11 is 1.30. The Morgan fingerprint density at radius 2 is 2.06 bits per heavy atom. The van der Waals surface area contributed by atoms with Gasteiger partial charge in [-0.25, -0.2) is 13.8 Å². The first-order chi connectivity index (χ1) is 16.5. The van der Waals surface area contributed by atoms with Gasteiger partial charge in [-0.15, -0.1) is 0 Å². The van der Waals surface area contributed by atoms with Gasteiger partial charge in [0.2, 0.25) is 5.78 Å². The smallest absolute Gasteiger partial charge is 0.201 e.